The summed E-state index contributed by atoms with van der Waals surface area (Å²) in [6, 6.07) is 17.6. The SMILES string of the molecule is CN=C(NCCCS(=O)(=O)Cc1ccccc1)NCc1ccc(C)cc1. The monoisotopic (exact) mass is 373 g/mol. The Labute approximate surface area is 156 Å². The zero-order valence-corrected chi connectivity index (χ0v) is 16.2. The van der Waals surface area contributed by atoms with Crippen LogP contribution in [0.25, 0.3) is 0 Å². The standard InChI is InChI=1S/C20H27N3O2S/c1-17-9-11-18(12-10-17)15-23-20(21-2)22-13-6-14-26(24,25)16-19-7-4-3-5-8-19/h3-5,7-12H,6,13-16H2,1-2H3,(H2,21,22,23). The van der Waals surface area contributed by atoms with Gasteiger partial charge in [-0.25, -0.2) is 8.42 Å². The van der Waals surface area contributed by atoms with Crippen LogP contribution >= 0.6 is 0 Å². The highest BCUT2D eigenvalue weighted by Crippen LogP contribution is 2.07. The van der Waals surface area contributed by atoms with E-state index in [1.165, 1.54) is 11.1 Å². The topological polar surface area (TPSA) is 70.6 Å². The zero-order valence-electron chi connectivity index (χ0n) is 15.4. The van der Waals surface area contributed by atoms with Gasteiger partial charge in [-0.05, 0) is 24.5 Å². The molecule has 5 nitrogen and oxygen atoms in total. The molecule has 2 aromatic rings. The first-order chi connectivity index (χ1) is 12.5. The minimum atomic E-state index is -3.10. The zero-order chi connectivity index (χ0) is 18.8. The molecule has 26 heavy (non-hydrogen) atoms. The number of guanidine groups is 1. The molecule has 6 heteroatoms. The maximum absolute atomic E-state index is 12.2. The summed E-state index contributed by atoms with van der Waals surface area (Å²) in [5.74, 6) is 0.920. The molecule has 2 aromatic carbocycles. The van der Waals surface area contributed by atoms with E-state index in [1.807, 2.05) is 30.3 Å². The molecule has 0 aliphatic rings. The summed E-state index contributed by atoms with van der Waals surface area (Å²) >= 11 is 0. The number of benzene rings is 2. The van der Waals surface area contributed by atoms with Gasteiger partial charge >= 0.3 is 0 Å². The van der Waals surface area contributed by atoms with Crippen LogP contribution in [0.4, 0.5) is 0 Å². The van der Waals surface area contributed by atoms with Crippen molar-refractivity contribution in [3.05, 3.63) is 71.3 Å². The minimum absolute atomic E-state index is 0.0915. The van der Waals surface area contributed by atoms with Crippen LogP contribution in [0.5, 0.6) is 0 Å². The first-order valence-corrected chi connectivity index (χ1v) is 10.5. The van der Waals surface area contributed by atoms with Crippen LogP contribution < -0.4 is 10.6 Å². The maximum atomic E-state index is 12.2. The molecule has 0 saturated heterocycles. The Morgan fingerprint density at radius 3 is 2.31 bits per heavy atom. The van der Waals surface area contributed by atoms with Gasteiger partial charge in [0.25, 0.3) is 0 Å². The molecular formula is C20H27N3O2S. The molecular weight excluding hydrogens is 346 g/mol. The second-order valence-electron chi connectivity index (χ2n) is 6.27. The summed E-state index contributed by atoms with van der Waals surface area (Å²) in [4.78, 5) is 4.17. The molecule has 0 radical (unpaired) electrons. The highest BCUT2D eigenvalue weighted by atomic mass is 32.2. The largest absolute Gasteiger partial charge is 0.356 e. The Morgan fingerprint density at radius 2 is 1.65 bits per heavy atom. The Balaban J connectivity index is 1.71. The number of aliphatic imine (C=N–C) groups is 1. The van der Waals surface area contributed by atoms with Crippen molar-refractivity contribution in [1.29, 1.82) is 0 Å². The smallest absolute Gasteiger partial charge is 0.191 e. The fourth-order valence-electron chi connectivity index (χ4n) is 2.51. The first kappa shape index (κ1) is 20.0. The van der Waals surface area contributed by atoms with Crippen LogP contribution in [-0.4, -0.2) is 33.7 Å². The molecule has 0 unspecified atom stereocenters. The predicted octanol–water partition coefficient (Wildman–Crippen LogP) is 2.67. The molecule has 0 bridgehead atoms. The van der Waals surface area contributed by atoms with E-state index in [4.69, 9.17) is 0 Å². The lowest BCUT2D eigenvalue weighted by Gasteiger charge is -2.12. The van der Waals surface area contributed by atoms with Gasteiger partial charge in [-0.1, -0.05) is 60.2 Å². The molecule has 0 aliphatic heterocycles. The Kier molecular flexibility index (Phi) is 7.66. The second kappa shape index (κ2) is 9.97. The molecule has 0 amide bonds. The lowest BCUT2D eigenvalue weighted by molar-refractivity contribution is 0.591. The summed E-state index contributed by atoms with van der Waals surface area (Å²) in [5, 5.41) is 6.39. The van der Waals surface area contributed by atoms with Crippen molar-refractivity contribution in [2.45, 2.75) is 25.6 Å². The third-order valence-corrected chi connectivity index (χ3v) is 5.64. The van der Waals surface area contributed by atoms with E-state index < -0.39 is 9.84 Å². The van der Waals surface area contributed by atoms with Gasteiger partial charge in [0.15, 0.2) is 15.8 Å². The highest BCUT2D eigenvalue weighted by molar-refractivity contribution is 7.90. The Hall–Kier alpha value is -2.34. The lowest BCUT2D eigenvalue weighted by Crippen LogP contribution is -2.37. The van der Waals surface area contributed by atoms with Crippen LogP contribution in [0.1, 0.15) is 23.1 Å². The van der Waals surface area contributed by atoms with Crippen LogP contribution in [0.2, 0.25) is 0 Å². The summed E-state index contributed by atoms with van der Waals surface area (Å²) in [5.41, 5.74) is 3.23. The summed E-state index contributed by atoms with van der Waals surface area (Å²) in [6.07, 6.45) is 0.542. The highest BCUT2D eigenvalue weighted by Gasteiger charge is 2.11. The average molecular weight is 374 g/mol. The van der Waals surface area contributed by atoms with Crippen LogP contribution in [0, 0.1) is 6.92 Å². The molecule has 0 saturated carbocycles. The van der Waals surface area contributed by atoms with Gasteiger partial charge < -0.3 is 10.6 Å². The van der Waals surface area contributed by atoms with Crippen molar-refractivity contribution in [2.75, 3.05) is 19.3 Å². The second-order valence-corrected chi connectivity index (χ2v) is 8.45. The van der Waals surface area contributed by atoms with Crippen molar-refractivity contribution in [3.63, 3.8) is 0 Å². The van der Waals surface area contributed by atoms with E-state index in [9.17, 15) is 8.42 Å². The normalized spacial score (nSPS) is 12.0. The fourth-order valence-corrected chi connectivity index (χ4v) is 3.94. The summed E-state index contributed by atoms with van der Waals surface area (Å²) in [6.45, 7) is 3.29. The number of nitrogens with one attached hydrogen (secondary N) is 2. The summed E-state index contributed by atoms with van der Waals surface area (Å²) < 4.78 is 24.4. The van der Waals surface area contributed by atoms with Crippen molar-refractivity contribution in [3.8, 4) is 0 Å². The molecule has 2 N–H and O–H groups in total. The molecule has 0 heterocycles. The number of hydrogen-bond donors (Lipinski definition) is 2. The van der Waals surface area contributed by atoms with E-state index >= 15 is 0 Å². The molecule has 0 aromatic heterocycles. The molecule has 2 rings (SSSR count). The summed E-state index contributed by atoms with van der Waals surface area (Å²) in [7, 11) is -1.39. The molecule has 140 valence electrons. The average Bonchev–Trinajstić information content (AvgIpc) is 2.63. The molecule has 0 aliphatic carbocycles. The van der Waals surface area contributed by atoms with E-state index in [2.05, 4.69) is 46.8 Å². The third kappa shape index (κ3) is 7.27. The van der Waals surface area contributed by atoms with Gasteiger partial charge in [-0.3, -0.25) is 4.99 Å². The Morgan fingerprint density at radius 1 is 0.962 bits per heavy atom. The van der Waals surface area contributed by atoms with Gasteiger partial charge in [-0.2, -0.15) is 0 Å². The van der Waals surface area contributed by atoms with E-state index in [-0.39, 0.29) is 11.5 Å². The van der Waals surface area contributed by atoms with Crippen LogP contribution in [0.15, 0.2) is 59.6 Å². The molecule has 0 atom stereocenters. The van der Waals surface area contributed by atoms with Crippen molar-refractivity contribution >= 4 is 15.8 Å². The Bertz CT molecular complexity index is 801. The van der Waals surface area contributed by atoms with Crippen LogP contribution in [-0.2, 0) is 22.1 Å². The number of aryl methyl sites for hydroxylation is 1. The van der Waals surface area contributed by atoms with Gasteiger partial charge in [0.1, 0.15) is 0 Å². The minimum Gasteiger partial charge on any atom is -0.356 e. The van der Waals surface area contributed by atoms with E-state index in [0.717, 1.165) is 5.56 Å². The number of nitrogens with zero attached hydrogens (tertiary/aromatic N) is 1. The van der Waals surface area contributed by atoms with E-state index in [0.29, 0.717) is 25.5 Å². The number of hydrogen-bond acceptors (Lipinski definition) is 3. The van der Waals surface area contributed by atoms with Crippen molar-refractivity contribution < 1.29 is 8.42 Å². The van der Waals surface area contributed by atoms with Gasteiger partial charge in [-0.15, -0.1) is 0 Å². The van der Waals surface area contributed by atoms with Crippen molar-refractivity contribution in [1.82, 2.24) is 10.6 Å². The molecule has 0 fully saturated rings. The third-order valence-electron chi connectivity index (χ3n) is 3.96. The quantitative estimate of drug-likeness (QED) is 0.424. The van der Waals surface area contributed by atoms with Gasteiger partial charge in [0.05, 0.1) is 11.5 Å². The van der Waals surface area contributed by atoms with Crippen LogP contribution in [0.3, 0.4) is 0 Å². The predicted molar refractivity (Wildman–Crippen MR) is 108 cm³/mol. The van der Waals surface area contributed by atoms with Crippen molar-refractivity contribution in [2.24, 2.45) is 4.99 Å². The van der Waals surface area contributed by atoms with E-state index in [1.54, 1.807) is 7.05 Å². The number of sulfone groups is 1. The maximum Gasteiger partial charge on any atom is 0.191 e. The first-order valence-electron chi connectivity index (χ1n) is 8.73. The lowest BCUT2D eigenvalue weighted by atomic mass is 10.1. The molecule has 0 spiro atoms. The fraction of sp³-hybridized carbons (Fsp3) is 0.350. The van der Waals surface area contributed by atoms with Gasteiger partial charge in [0.2, 0.25) is 0 Å². The van der Waals surface area contributed by atoms with Gasteiger partial charge in [0, 0.05) is 20.1 Å². The number of rotatable bonds is 8.